The van der Waals surface area contributed by atoms with Gasteiger partial charge in [-0.05, 0) is 31.4 Å². The second kappa shape index (κ2) is 4.40. The molecule has 1 aromatic rings. The Morgan fingerprint density at radius 1 is 1.29 bits per heavy atom. The molecule has 2 atom stereocenters. The quantitative estimate of drug-likeness (QED) is 0.867. The van der Waals surface area contributed by atoms with Crippen molar-refractivity contribution in [2.24, 2.45) is 5.92 Å². The SMILES string of the molecule is Cc1ccc(S(=O)(=O)N2CCC(C)C2O)cc1. The highest BCUT2D eigenvalue weighted by Gasteiger charge is 2.38. The summed E-state index contributed by atoms with van der Waals surface area (Å²) in [6.07, 6.45) is -0.201. The molecule has 17 heavy (non-hydrogen) atoms. The van der Waals surface area contributed by atoms with Gasteiger partial charge in [-0.25, -0.2) is 8.42 Å². The van der Waals surface area contributed by atoms with Crippen molar-refractivity contribution in [3.63, 3.8) is 0 Å². The average Bonchev–Trinajstić information content (AvgIpc) is 2.61. The van der Waals surface area contributed by atoms with E-state index in [1.54, 1.807) is 24.3 Å². The van der Waals surface area contributed by atoms with E-state index < -0.39 is 16.3 Å². The summed E-state index contributed by atoms with van der Waals surface area (Å²) in [5.41, 5.74) is 1.01. The van der Waals surface area contributed by atoms with Gasteiger partial charge in [0.15, 0.2) is 0 Å². The molecule has 0 aromatic heterocycles. The van der Waals surface area contributed by atoms with Crippen LogP contribution in [-0.2, 0) is 10.0 Å². The summed E-state index contributed by atoms with van der Waals surface area (Å²) in [5.74, 6) is -0.00442. The molecule has 1 N–H and O–H groups in total. The molecule has 1 fully saturated rings. The second-order valence-electron chi connectivity index (χ2n) is 4.61. The van der Waals surface area contributed by atoms with E-state index in [9.17, 15) is 13.5 Å². The van der Waals surface area contributed by atoms with Crippen molar-refractivity contribution in [2.45, 2.75) is 31.4 Å². The minimum atomic E-state index is -3.55. The Morgan fingerprint density at radius 2 is 1.88 bits per heavy atom. The van der Waals surface area contributed by atoms with Gasteiger partial charge in [0.25, 0.3) is 0 Å². The number of hydrogen-bond acceptors (Lipinski definition) is 3. The normalized spacial score (nSPS) is 26.3. The maximum Gasteiger partial charge on any atom is 0.245 e. The van der Waals surface area contributed by atoms with Gasteiger partial charge in [-0.3, -0.25) is 0 Å². The molecule has 2 unspecified atom stereocenters. The Labute approximate surface area is 102 Å². The third-order valence-corrected chi connectivity index (χ3v) is 5.12. The number of hydrogen-bond donors (Lipinski definition) is 1. The highest BCUT2D eigenvalue weighted by molar-refractivity contribution is 7.89. The first-order valence-corrected chi connectivity index (χ1v) is 7.13. The van der Waals surface area contributed by atoms with E-state index in [4.69, 9.17) is 0 Å². The molecule has 0 radical (unpaired) electrons. The predicted octanol–water partition coefficient (Wildman–Crippen LogP) is 1.34. The maximum atomic E-state index is 12.3. The largest absolute Gasteiger partial charge is 0.377 e. The van der Waals surface area contributed by atoms with Crippen molar-refractivity contribution in [2.75, 3.05) is 6.54 Å². The fourth-order valence-corrected chi connectivity index (χ4v) is 3.59. The highest BCUT2D eigenvalue weighted by Crippen LogP contribution is 2.28. The van der Waals surface area contributed by atoms with Crippen LogP contribution in [0.2, 0.25) is 0 Å². The van der Waals surface area contributed by atoms with E-state index in [-0.39, 0.29) is 10.8 Å². The summed E-state index contributed by atoms with van der Waals surface area (Å²) < 4.78 is 25.7. The molecule has 4 nitrogen and oxygen atoms in total. The summed E-state index contributed by atoms with van der Waals surface area (Å²) >= 11 is 0. The Hall–Kier alpha value is -0.910. The van der Waals surface area contributed by atoms with Gasteiger partial charge in [0.1, 0.15) is 6.23 Å². The van der Waals surface area contributed by atoms with Crippen LogP contribution >= 0.6 is 0 Å². The zero-order valence-electron chi connectivity index (χ0n) is 10.00. The Morgan fingerprint density at radius 3 is 2.35 bits per heavy atom. The van der Waals surface area contributed by atoms with E-state index in [1.807, 2.05) is 13.8 Å². The third kappa shape index (κ3) is 2.22. The van der Waals surface area contributed by atoms with Crippen molar-refractivity contribution in [3.8, 4) is 0 Å². The molecule has 0 aliphatic carbocycles. The first kappa shape index (κ1) is 12.5. The van der Waals surface area contributed by atoms with Gasteiger partial charge >= 0.3 is 0 Å². The molecule has 1 heterocycles. The van der Waals surface area contributed by atoms with Crippen LogP contribution < -0.4 is 0 Å². The molecule has 5 heteroatoms. The standard InChI is InChI=1S/C12H17NO3S/c1-9-3-5-11(6-4-9)17(15,16)13-8-7-10(2)12(13)14/h3-6,10,12,14H,7-8H2,1-2H3. The lowest BCUT2D eigenvalue weighted by atomic mass is 10.1. The van der Waals surface area contributed by atoms with Gasteiger partial charge in [-0.2, -0.15) is 4.31 Å². The summed E-state index contributed by atoms with van der Waals surface area (Å²) in [5, 5.41) is 9.86. The molecule has 1 aliphatic heterocycles. The van der Waals surface area contributed by atoms with Crippen LogP contribution in [0.3, 0.4) is 0 Å². The Balaban J connectivity index is 2.34. The van der Waals surface area contributed by atoms with Crippen molar-refractivity contribution in [3.05, 3.63) is 29.8 Å². The fourth-order valence-electron chi connectivity index (χ4n) is 2.00. The number of aliphatic hydroxyl groups is 1. The number of aliphatic hydroxyl groups excluding tert-OH is 1. The van der Waals surface area contributed by atoms with E-state index in [2.05, 4.69) is 0 Å². The van der Waals surface area contributed by atoms with Crippen molar-refractivity contribution >= 4 is 10.0 Å². The van der Waals surface area contributed by atoms with Gasteiger partial charge in [0, 0.05) is 6.54 Å². The fraction of sp³-hybridized carbons (Fsp3) is 0.500. The molecule has 1 saturated heterocycles. The third-order valence-electron chi connectivity index (χ3n) is 3.24. The lowest BCUT2D eigenvalue weighted by Crippen LogP contribution is -2.37. The molecule has 0 saturated carbocycles. The summed E-state index contributed by atoms with van der Waals surface area (Å²) in [4.78, 5) is 0.247. The zero-order valence-corrected chi connectivity index (χ0v) is 10.8. The van der Waals surface area contributed by atoms with Gasteiger partial charge in [-0.15, -0.1) is 0 Å². The molecular formula is C12H17NO3S. The van der Waals surface area contributed by atoms with Crippen molar-refractivity contribution in [1.82, 2.24) is 4.31 Å². The minimum Gasteiger partial charge on any atom is -0.377 e. The first-order valence-electron chi connectivity index (χ1n) is 5.69. The number of sulfonamides is 1. The Bertz CT molecular complexity index is 495. The van der Waals surface area contributed by atoms with Gasteiger partial charge in [0.05, 0.1) is 4.90 Å². The van der Waals surface area contributed by atoms with Crippen LogP contribution in [-0.4, -0.2) is 30.6 Å². The van der Waals surface area contributed by atoms with Crippen LogP contribution in [0.15, 0.2) is 29.2 Å². The van der Waals surface area contributed by atoms with E-state index in [0.717, 1.165) is 5.56 Å². The minimum absolute atomic E-state index is 0.00442. The summed E-state index contributed by atoms with van der Waals surface area (Å²) in [6.45, 7) is 4.15. The number of nitrogens with zero attached hydrogens (tertiary/aromatic N) is 1. The maximum absolute atomic E-state index is 12.3. The smallest absolute Gasteiger partial charge is 0.245 e. The Kier molecular flexibility index (Phi) is 3.25. The lowest BCUT2D eigenvalue weighted by Gasteiger charge is -2.21. The number of rotatable bonds is 2. The van der Waals surface area contributed by atoms with Crippen LogP contribution in [0.1, 0.15) is 18.9 Å². The molecule has 1 aromatic carbocycles. The molecule has 2 rings (SSSR count). The second-order valence-corrected chi connectivity index (χ2v) is 6.50. The predicted molar refractivity (Wildman–Crippen MR) is 64.9 cm³/mol. The molecule has 0 amide bonds. The number of aryl methyl sites for hydroxylation is 1. The molecule has 94 valence electrons. The topological polar surface area (TPSA) is 57.6 Å². The molecule has 1 aliphatic rings. The van der Waals surface area contributed by atoms with Gasteiger partial charge < -0.3 is 5.11 Å². The van der Waals surface area contributed by atoms with Gasteiger partial charge in [-0.1, -0.05) is 24.6 Å². The summed E-state index contributed by atoms with van der Waals surface area (Å²) in [7, 11) is -3.55. The van der Waals surface area contributed by atoms with Crippen molar-refractivity contribution in [1.29, 1.82) is 0 Å². The van der Waals surface area contributed by atoms with E-state index in [1.165, 1.54) is 4.31 Å². The molecule has 0 bridgehead atoms. The monoisotopic (exact) mass is 255 g/mol. The van der Waals surface area contributed by atoms with Gasteiger partial charge in [0.2, 0.25) is 10.0 Å². The average molecular weight is 255 g/mol. The van der Waals surface area contributed by atoms with Crippen LogP contribution in [0.25, 0.3) is 0 Å². The first-order chi connectivity index (χ1) is 7.93. The van der Waals surface area contributed by atoms with E-state index in [0.29, 0.717) is 13.0 Å². The molecule has 0 spiro atoms. The zero-order chi connectivity index (χ0) is 12.6. The van der Waals surface area contributed by atoms with E-state index >= 15 is 0 Å². The number of benzene rings is 1. The molecular weight excluding hydrogens is 238 g/mol. The lowest BCUT2D eigenvalue weighted by molar-refractivity contribution is 0.0627. The summed E-state index contributed by atoms with van der Waals surface area (Å²) in [6, 6.07) is 6.69. The van der Waals surface area contributed by atoms with Crippen molar-refractivity contribution < 1.29 is 13.5 Å². The highest BCUT2D eigenvalue weighted by atomic mass is 32.2. The van der Waals surface area contributed by atoms with Crippen LogP contribution in [0, 0.1) is 12.8 Å². The van der Waals surface area contributed by atoms with Crippen LogP contribution in [0.5, 0.6) is 0 Å². The van der Waals surface area contributed by atoms with Crippen LogP contribution in [0.4, 0.5) is 0 Å².